The fourth-order valence-electron chi connectivity index (χ4n) is 1.76. The molecule has 0 bridgehead atoms. The molecule has 0 saturated heterocycles. The molecule has 0 aliphatic rings. The lowest BCUT2D eigenvalue weighted by atomic mass is 9.99. The Morgan fingerprint density at radius 2 is 2.17 bits per heavy atom. The molecular weight excluding hydrogens is 244 g/mol. The second kappa shape index (κ2) is 5.40. The van der Waals surface area contributed by atoms with E-state index in [1.165, 1.54) is 0 Å². The number of benzene rings is 1. The van der Waals surface area contributed by atoms with Crippen LogP contribution in [0.4, 0.5) is 5.69 Å². The number of anilines is 1. The lowest BCUT2D eigenvalue weighted by Gasteiger charge is -2.15. The van der Waals surface area contributed by atoms with E-state index in [2.05, 4.69) is 18.8 Å². The molecule has 0 unspecified atom stereocenters. The fraction of sp³-hybridized carbons (Fsp3) is 0.357. The minimum Gasteiger partial charge on any atom is -0.486 e. The third-order valence-electron chi connectivity index (χ3n) is 2.86. The van der Waals surface area contributed by atoms with Gasteiger partial charge in [-0.2, -0.15) is 0 Å². The number of ether oxygens (including phenoxy) is 1. The molecule has 18 heavy (non-hydrogen) atoms. The summed E-state index contributed by atoms with van der Waals surface area (Å²) in [5.41, 5.74) is 8.97. The number of rotatable bonds is 4. The summed E-state index contributed by atoms with van der Waals surface area (Å²) in [6.07, 6.45) is 1.79. The van der Waals surface area contributed by atoms with Crippen molar-refractivity contribution in [2.45, 2.75) is 33.3 Å². The van der Waals surface area contributed by atoms with Crippen LogP contribution in [-0.2, 0) is 6.61 Å². The van der Waals surface area contributed by atoms with E-state index in [-0.39, 0.29) is 0 Å². The number of nitrogens with zero attached hydrogens (tertiary/aromatic N) is 1. The van der Waals surface area contributed by atoms with Crippen LogP contribution in [0, 0.1) is 6.92 Å². The summed E-state index contributed by atoms with van der Waals surface area (Å²) in [6, 6.07) is 4.02. The van der Waals surface area contributed by atoms with Crippen LogP contribution in [0.5, 0.6) is 5.75 Å². The monoisotopic (exact) mass is 262 g/mol. The molecule has 0 aliphatic heterocycles. The zero-order chi connectivity index (χ0) is 13.1. The number of aryl methyl sites for hydroxylation is 1. The van der Waals surface area contributed by atoms with Gasteiger partial charge in [0.25, 0.3) is 0 Å². The highest BCUT2D eigenvalue weighted by Gasteiger charge is 2.11. The molecule has 2 aromatic rings. The third-order valence-corrected chi connectivity index (χ3v) is 3.61. The standard InChI is InChI=1S/C14H18N2OS/c1-9(2)11-7-12(15)10(3)6-13(11)17-8-14-16-4-5-18-14/h4-7,9H,8,15H2,1-3H3. The predicted molar refractivity (Wildman–Crippen MR) is 76.1 cm³/mol. The summed E-state index contributed by atoms with van der Waals surface area (Å²) >= 11 is 1.60. The average molecular weight is 262 g/mol. The van der Waals surface area contributed by atoms with Crippen LogP contribution in [-0.4, -0.2) is 4.98 Å². The summed E-state index contributed by atoms with van der Waals surface area (Å²) < 4.78 is 5.87. The first-order chi connectivity index (χ1) is 8.58. The number of nitrogens with two attached hydrogens (primary N) is 1. The average Bonchev–Trinajstić information content (AvgIpc) is 2.83. The Hall–Kier alpha value is -1.55. The molecule has 0 aliphatic carbocycles. The lowest BCUT2D eigenvalue weighted by molar-refractivity contribution is 0.301. The molecule has 0 saturated carbocycles. The summed E-state index contributed by atoms with van der Waals surface area (Å²) in [7, 11) is 0. The van der Waals surface area contributed by atoms with Gasteiger partial charge < -0.3 is 10.5 Å². The molecule has 0 amide bonds. The van der Waals surface area contributed by atoms with E-state index >= 15 is 0 Å². The molecule has 0 fully saturated rings. The van der Waals surface area contributed by atoms with Crippen LogP contribution in [0.25, 0.3) is 0 Å². The van der Waals surface area contributed by atoms with Crippen molar-refractivity contribution in [3.63, 3.8) is 0 Å². The zero-order valence-corrected chi connectivity index (χ0v) is 11.8. The molecule has 4 heteroatoms. The molecule has 0 radical (unpaired) electrons. The van der Waals surface area contributed by atoms with Crippen LogP contribution in [0.2, 0.25) is 0 Å². The Morgan fingerprint density at radius 3 is 2.78 bits per heavy atom. The van der Waals surface area contributed by atoms with Crippen LogP contribution in [0.3, 0.4) is 0 Å². The van der Waals surface area contributed by atoms with Gasteiger partial charge in [-0.25, -0.2) is 4.98 Å². The largest absolute Gasteiger partial charge is 0.486 e. The van der Waals surface area contributed by atoms with Crippen molar-refractivity contribution in [1.29, 1.82) is 0 Å². The highest BCUT2D eigenvalue weighted by molar-refractivity contribution is 7.09. The summed E-state index contributed by atoms with van der Waals surface area (Å²) in [6.45, 7) is 6.79. The van der Waals surface area contributed by atoms with Gasteiger partial charge in [-0.1, -0.05) is 13.8 Å². The van der Waals surface area contributed by atoms with Gasteiger partial charge in [0.05, 0.1) is 0 Å². The molecule has 2 N–H and O–H groups in total. The van der Waals surface area contributed by atoms with Crippen molar-refractivity contribution >= 4 is 17.0 Å². The molecule has 96 valence electrons. The number of hydrogen-bond donors (Lipinski definition) is 1. The number of aromatic nitrogens is 1. The molecule has 1 aromatic carbocycles. The van der Waals surface area contributed by atoms with Crippen molar-refractivity contribution in [3.05, 3.63) is 39.8 Å². The highest BCUT2D eigenvalue weighted by Crippen LogP contribution is 2.31. The van der Waals surface area contributed by atoms with Gasteiger partial charge in [-0.3, -0.25) is 0 Å². The van der Waals surface area contributed by atoms with Crippen molar-refractivity contribution in [1.82, 2.24) is 4.98 Å². The maximum Gasteiger partial charge on any atom is 0.140 e. The molecule has 3 nitrogen and oxygen atoms in total. The summed E-state index contributed by atoms with van der Waals surface area (Å²) in [5, 5.41) is 2.94. The Morgan fingerprint density at radius 1 is 1.39 bits per heavy atom. The first-order valence-electron chi connectivity index (χ1n) is 5.99. The number of nitrogen functional groups attached to an aromatic ring is 1. The molecule has 1 aromatic heterocycles. The maximum atomic E-state index is 5.95. The van der Waals surface area contributed by atoms with Gasteiger partial charge >= 0.3 is 0 Å². The second-order valence-corrected chi connectivity index (χ2v) is 5.59. The van der Waals surface area contributed by atoms with E-state index in [0.717, 1.165) is 27.6 Å². The first kappa shape index (κ1) is 12.9. The first-order valence-corrected chi connectivity index (χ1v) is 6.87. The third kappa shape index (κ3) is 2.82. The van der Waals surface area contributed by atoms with E-state index in [0.29, 0.717) is 12.5 Å². The number of hydrogen-bond acceptors (Lipinski definition) is 4. The van der Waals surface area contributed by atoms with E-state index in [1.807, 2.05) is 24.4 Å². The Kier molecular flexibility index (Phi) is 3.87. The Balaban J connectivity index is 2.23. The van der Waals surface area contributed by atoms with Gasteiger partial charge in [0.2, 0.25) is 0 Å². The topological polar surface area (TPSA) is 48.1 Å². The van der Waals surface area contributed by atoms with Crippen molar-refractivity contribution in [2.24, 2.45) is 0 Å². The van der Waals surface area contributed by atoms with Crippen LogP contribution >= 0.6 is 11.3 Å². The van der Waals surface area contributed by atoms with E-state index in [9.17, 15) is 0 Å². The maximum absolute atomic E-state index is 5.95. The van der Waals surface area contributed by atoms with E-state index in [4.69, 9.17) is 10.5 Å². The van der Waals surface area contributed by atoms with Crippen molar-refractivity contribution in [2.75, 3.05) is 5.73 Å². The zero-order valence-electron chi connectivity index (χ0n) is 10.9. The molecule has 0 atom stereocenters. The van der Waals surface area contributed by atoms with Gasteiger partial charge in [0.15, 0.2) is 0 Å². The molecule has 0 spiro atoms. The summed E-state index contributed by atoms with van der Waals surface area (Å²) in [5.74, 6) is 1.30. The van der Waals surface area contributed by atoms with Crippen molar-refractivity contribution in [3.8, 4) is 5.75 Å². The highest BCUT2D eigenvalue weighted by atomic mass is 32.1. The number of thiazole rings is 1. The van der Waals surface area contributed by atoms with Crippen molar-refractivity contribution < 1.29 is 4.74 Å². The SMILES string of the molecule is Cc1cc(OCc2nccs2)c(C(C)C)cc1N. The van der Waals surface area contributed by atoms with E-state index in [1.54, 1.807) is 17.5 Å². The molecular formula is C14H18N2OS. The predicted octanol–water partition coefficient (Wildman–Crippen LogP) is 3.74. The smallest absolute Gasteiger partial charge is 0.140 e. The van der Waals surface area contributed by atoms with Gasteiger partial charge in [-0.05, 0) is 36.1 Å². The summed E-state index contributed by atoms with van der Waals surface area (Å²) in [4.78, 5) is 4.21. The normalized spacial score (nSPS) is 10.9. The second-order valence-electron chi connectivity index (χ2n) is 4.62. The molecule has 2 rings (SSSR count). The Bertz CT molecular complexity index is 521. The van der Waals surface area contributed by atoms with E-state index < -0.39 is 0 Å². The van der Waals surface area contributed by atoms with Crippen LogP contribution in [0.15, 0.2) is 23.7 Å². The van der Waals surface area contributed by atoms with Gasteiger partial charge in [0.1, 0.15) is 17.4 Å². The minimum atomic E-state index is 0.388. The Labute approximate surface area is 112 Å². The minimum absolute atomic E-state index is 0.388. The lowest BCUT2D eigenvalue weighted by Crippen LogP contribution is -2.02. The fourth-order valence-corrected chi connectivity index (χ4v) is 2.28. The van der Waals surface area contributed by atoms with Crippen LogP contribution in [0.1, 0.15) is 35.9 Å². The molecule has 1 heterocycles. The van der Waals surface area contributed by atoms with Gasteiger partial charge in [-0.15, -0.1) is 11.3 Å². The van der Waals surface area contributed by atoms with Crippen LogP contribution < -0.4 is 10.5 Å². The quantitative estimate of drug-likeness (QED) is 0.854. The van der Waals surface area contributed by atoms with Gasteiger partial charge in [0, 0.05) is 17.3 Å².